The first-order valence-corrected chi connectivity index (χ1v) is 7.70. The molecule has 0 aliphatic heterocycles. The number of amides is 1. The Labute approximate surface area is 133 Å². The van der Waals surface area contributed by atoms with Crippen molar-refractivity contribution in [1.29, 1.82) is 5.26 Å². The first kappa shape index (κ1) is 18.2. The smallest absolute Gasteiger partial charge is 0.220 e. The molecular formula is C18H26N2O2. The Bertz CT molecular complexity index is 527. The van der Waals surface area contributed by atoms with Gasteiger partial charge in [-0.25, -0.2) is 0 Å². The SMILES string of the molecule is CC(C)C(O)C(C)(C)CNC(=O)CCc1ccc(C#N)cc1. The largest absolute Gasteiger partial charge is 0.392 e. The minimum absolute atomic E-state index is 0.0200. The number of aliphatic hydroxyl groups excluding tert-OH is 1. The molecule has 1 amide bonds. The zero-order valence-corrected chi connectivity index (χ0v) is 13.9. The van der Waals surface area contributed by atoms with E-state index in [0.29, 0.717) is 24.9 Å². The predicted octanol–water partition coefficient (Wildman–Crippen LogP) is 2.65. The standard InChI is InChI=1S/C18H26N2O2/c1-13(2)17(22)18(3,4)12-20-16(21)10-9-14-5-7-15(11-19)8-6-14/h5-8,13,17,22H,9-10,12H2,1-4H3,(H,20,21). The van der Waals surface area contributed by atoms with Gasteiger partial charge >= 0.3 is 0 Å². The van der Waals surface area contributed by atoms with Crippen molar-refractivity contribution in [2.75, 3.05) is 6.54 Å². The number of nitrogens with one attached hydrogen (secondary N) is 1. The van der Waals surface area contributed by atoms with Gasteiger partial charge in [0.2, 0.25) is 5.91 Å². The van der Waals surface area contributed by atoms with Crippen molar-refractivity contribution in [2.24, 2.45) is 11.3 Å². The van der Waals surface area contributed by atoms with Crippen LogP contribution in [0.3, 0.4) is 0 Å². The number of hydrogen-bond donors (Lipinski definition) is 2. The van der Waals surface area contributed by atoms with Crippen molar-refractivity contribution >= 4 is 5.91 Å². The summed E-state index contributed by atoms with van der Waals surface area (Å²) in [5.74, 6) is 0.138. The van der Waals surface area contributed by atoms with Crippen LogP contribution in [0.25, 0.3) is 0 Å². The number of benzene rings is 1. The molecule has 2 N–H and O–H groups in total. The second-order valence-electron chi connectivity index (χ2n) is 6.76. The summed E-state index contributed by atoms with van der Waals surface area (Å²) in [6, 6.07) is 9.34. The second kappa shape index (κ2) is 7.95. The van der Waals surface area contributed by atoms with Crippen LogP contribution >= 0.6 is 0 Å². The van der Waals surface area contributed by atoms with Crippen LogP contribution in [-0.2, 0) is 11.2 Å². The number of aliphatic hydroxyl groups is 1. The molecule has 4 nitrogen and oxygen atoms in total. The third-order valence-corrected chi connectivity index (χ3v) is 3.90. The minimum Gasteiger partial charge on any atom is -0.392 e. The summed E-state index contributed by atoms with van der Waals surface area (Å²) in [6.45, 7) is 8.31. The topological polar surface area (TPSA) is 73.1 Å². The highest BCUT2D eigenvalue weighted by atomic mass is 16.3. The zero-order valence-electron chi connectivity index (χ0n) is 13.9. The fraction of sp³-hybridized carbons (Fsp3) is 0.556. The molecule has 22 heavy (non-hydrogen) atoms. The van der Waals surface area contributed by atoms with Gasteiger partial charge in [0.1, 0.15) is 0 Å². The van der Waals surface area contributed by atoms with Gasteiger partial charge in [-0.05, 0) is 30.0 Å². The second-order valence-corrected chi connectivity index (χ2v) is 6.76. The van der Waals surface area contributed by atoms with E-state index in [0.717, 1.165) is 5.56 Å². The van der Waals surface area contributed by atoms with Gasteiger partial charge in [0.25, 0.3) is 0 Å². The summed E-state index contributed by atoms with van der Waals surface area (Å²) in [5, 5.41) is 21.8. The lowest BCUT2D eigenvalue weighted by Gasteiger charge is -2.33. The van der Waals surface area contributed by atoms with Crippen LogP contribution in [-0.4, -0.2) is 23.7 Å². The fourth-order valence-corrected chi connectivity index (χ4v) is 2.43. The van der Waals surface area contributed by atoms with Crippen LogP contribution in [0.2, 0.25) is 0 Å². The van der Waals surface area contributed by atoms with Crippen molar-refractivity contribution in [3.63, 3.8) is 0 Å². The summed E-state index contributed by atoms with van der Waals surface area (Å²) < 4.78 is 0. The highest BCUT2D eigenvalue weighted by Gasteiger charge is 2.30. The summed E-state index contributed by atoms with van der Waals surface area (Å²) in [4.78, 5) is 11.9. The van der Waals surface area contributed by atoms with Gasteiger partial charge in [0, 0.05) is 18.4 Å². The van der Waals surface area contributed by atoms with Gasteiger partial charge in [0.15, 0.2) is 0 Å². The Morgan fingerprint density at radius 1 is 1.32 bits per heavy atom. The number of hydrogen-bond acceptors (Lipinski definition) is 3. The Kier molecular flexibility index (Phi) is 6.58. The highest BCUT2D eigenvalue weighted by Crippen LogP contribution is 2.25. The quantitative estimate of drug-likeness (QED) is 0.813. The molecule has 0 saturated carbocycles. The van der Waals surface area contributed by atoms with Crippen LogP contribution in [0, 0.1) is 22.7 Å². The van der Waals surface area contributed by atoms with Crippen LogP contribution in [0.1, 0.15) is 45.2 Å². The number of carbonyl (C=O) groups excluding carboxylic acids is 1. The summed E-state index contributed by atoms with van der Waals surface area (Å²) >= 11 is 0. The van der Waals surface area contributed by atoms with E-state index in [1.165, 1.54) is 0 Å². The van der Waals surface area contributed by atoms with Crippen LogP contribution in [0.4, 0.5) is 0 Å². The first-order valence-electron chi connectivity index (χ1n) is 7.70. The van der Waals surface area contributed by atoms with E-state index in [1.54, 1.807) is 12.1 Å². The molecule has 0 aliphatic carbocycles. The van der Waals surface area contributed by atoms with E-state index in [-0.39, 0.29) is 17.2 Å². The van der Waals surface area contributed by atoms with Crippen molar-refractivity contribution in [3.8, 4) is 6.07 Å². The van der Waals surface area contributed by atoms with E-state index in [2.05, 4.69) is 11.4 Å². The Hall–Kier alpha value is -1.86. The molecule has 0 bridgehead atoms. The molecule has 1 atom stereocenters. The van der Waals surface area contributed by atoms with E-state index < -0.39 is 6.10 Å². The van der Waals surface area contributed by atoms with Gasteiger partial charge in [-0.15, -0.1) is 0 Å². The molecule has 1 unspecified atom stereocenters. The normalized spacial score (nSPS) is 12.8. The molecule has 0 radical (unpaired) electrons. The molecule has 0 spiro atoms. The third kappa shape index (κ3) is 5.50. The fourth-order valence-electron chi connectivity index (χ4n) is 2.43. The van der Waals surface area contributed by atoms with Crippen LogP contribution < -0.4 is 5.32 Å². The molecule has 0 fully saturated rings. The Morgan fingerprint density at radius 2 is 1.91 bits per heavy atom. The summed E-state index contributed by atoms with van der Waals surface area (Å²) in [6.07, 6.45) is 0.594. The van der Waals surface area contributed by atoms with Gasteiger partial charge in [0.05, 0.1) is 17.7 Å². The number of nitrogens with zero attached hydrogens (tertiary/aromatic N) is 1. The monoisotopic (exact) mass is 302 g/mol. The molecule has 120 valence electrons. The summed E-state index contributed by atoms with van der Waals surface area (Å²) in [5.41, 5.74) is 1.31. The van der Waals surface area contributed by atoms with Gasteiger partial charge < -0.3 is 10.4 Å². The average molecular weight is 302 g/mol. The molecule has 1 aromatic rings. The lowest BCUT2D eigenvalue weighted by molar-refractivity contribution is -0.122. The van der Waals surface area contributed by atoms with Crippen LogP contribution in [0.15, 0.2) is 24.3 Å². The van der Waals surface area contributed by atoms with E-state index in [9.17, 15) is 9.90 Å². The Balaban J connectivity index is 2.41. The first-order chi connectivity index (χ1) is 10.3. The predicted molar refractivity (Wildman–Crippen MR) is 87.1 cm³/mol. The lowest BCUT2D eigenvalue weighted by Crippen LogP contribution is -2.43. The molecule has 0 saturated heterocycles. The van der Waals surface area contributed by atoms with E-state index in [1.807, 2.05) is 39.8 Å². The lowest BCUT2D eigenvalue weighted by atomic mass is 9.80. The Morgan fingerprint density at radius 3 is 2.41 bits per heavy atom. The maximum absolute atomic E-state index is 11.9. The molecule has 1 rings (SSSR count). The molecular weight excluding hydrogens is 276 g/mol. The van der Waals surface area contributed by atoms with Gasteiger partial charge in [-0.2, -0.15) is 5.26 Å². The van der Waals surface area contributed by atoms with Crippen molar-refractivity contribution in [1.82, 2.24) is 5.32 Å². The average Bonchev–Trinajstić information content (AvgIpc) is 2.50. The maximum Gasteiger partial charge on any atom is 0.220 e. The minimum atomic E-state index is -0.452. The van der Waals surface area contributed by atoms with Crippen molar-refractivity contribution in [2.45, 2.75) is 46.6 Å². The number of carbonyl (C=O) groups is 1. The molecule has 1 aromatic carbocycles. The molecule has 0 aliphatic rings. The molecule has 0 aromatic heterocycles. The van der Waals surface area contributed by atoms with Crippen molar-refractivity contribution < 1.29 is 9.90 Å². The number of rotatable bonds is 7. The van der Waals surface area contributed by atoms with Crippen LogP contribution in [0.5, 0.6) is 0 Å². The van der Waals surface area contributed by atoms with Gasteiger partial charge in [-0.3, -0.25) is 4.79 Å². The highest BCUT2D eigenvalue weighted by molar-refractivity contribution is 5.76. The third-order valence-electron chi connectivity index (χ3n) is 3.90. The summed E-state index contributed by atoms with van der Waals surface area (Å²) in [7, 11) is 0. The number of aryl methyl sites for hydroxylation is 1. The van der Waals surface area contributed by atoms with E-state index >= 15 is 0 Å². The molecule has 4 heteroatoms. The van der Waals surface area contributed by atoms with E-state index in [4.69, 9.17) is 5.26 Å². The van der Waals surface area contributed by atoms with Gasteiger partial charge in [-0.1, -0.05) is 39.8 Å². The maximum atomic E-state index is 11.9. The number of nitriles is 1. The zero-order chi connectivity index (χ0) is 16.8. The molecule has 0 heterocycles. The van der Waals surface area contributed by atoms with Crippen molar-refractivity contribution in [3.05, 3.63) is 35.4 Å².